The molecule has 3 rings (SSSR count). The molecule has 1 aliphatic carbocycles. The van der Waals surface area contributed by atoms with Crippen LogP contribution in [-0.2, 0) is 6.54 Å². The Balaban J connectivity index is 1.53. The van der Waals surface area contributed by atoms with Crippen molar-refractivity contribution >= 4 is 6.29 Å². The fourth-order valence-electron chi connectivity index (χ4n) is 3.75. The summed E-state index contributed by atoms with van der Waals surface area (Å²) in [5, 5.41) is 0. The lowest BCUT2D eigenvalue weighted by Crippen LogP contribution is -2.40. The Morgan fingerprint density at radius 3 is 2.47 bits per heavy atom. The summed E-state index contributed by atoms with van der Waals surface area (Å²) < 4.78 is 5.46. The van der Waals surface area contributed by atoms with Gasteiger partial charge in [-0.1, -0.05) is 19.3 Å². The van der Waals surface area contributed by atoms with Crippen LogP contribution in [0.25, 0.3) is 0 Å². The minimum atomic E-state index is 0.441. The van der Waals surface area contributed by atoms with Gasteiger partial charge in [0.1, 0.15) is 5.76 Å². The number of likely N-dealkylation sites (tertiary alicyclic amines) is 1. The number of hydrogen-bond acceptors (Lipinski definition) is 3. The van der Waals surface area contributed by atoms with Gasteiger partial charge in [0.2, 0.25) is 0 Å². The second-order valence-corrected chi connectivity index (χ2v) is 6.26. The molecule has 3 nitrogen and oxygen atoms in total. The summed E-state index contributed by atoms with van der Waals surface area (Å²) in [5.74, 6) is 1.36. The summed E-state index contributed by atoms with van der Waals surface area (Å²) in [6, 6.07) is 3.68. The third-order valence-electron chi connectivity index (χ3n) is 5.01. The van der Waals surface area contributed by atoms with E-state index >= 15 is 0 Å². The first-order chi connectivity index (χ1) is 9.30. The summed E-state index contributed by atoms with van der Waals surface area (Å²) in [7, 11) is 0. The molecule has 1 saturated heterocycles. The van der Waals surface area contributed by atoms with E-state index in [1.165, 1.54) is 58.0 Å². The van der Waals surface area contributed by atoms with E-state index in [0.717, 1.165) is 18.6 Å². The minimum Gasteiger partial charge on any atom is -0.457 e. The molecule has 2 heterocycles. The van der Waals surface area contributed by atoms with E-state index < -0.39 is 0 Å². The highest BCUT2D eigenvalue weighted by Gasteiger charge is 2.35. The van der Waals surface area contributed by atoms with Crippen molar-refractivity contribution in [1.29, 1.82) is 0 Å². The van der Waals surface area contributed by atoms with Crippen molar-refractivity contribution in [3.63, 3.8) is 0 Å². The molecular weight excluding hydrogens is 238 g/mol. The predicted molar refractivity (Wildman–Crippen MR) is 74.1 cm³/mol. The Morgan fingerprint density at radius 1 is 1.11 bits per heavy atom. The normalized spacial score (nSPS) is 23.6. The van der Waals surface area contributed by atoms with E-state index in [9.17, 15) is 4.79 Å². The van der Waals surface area contributed by atoms with E-state index in [4.69, 9.17) is 4.42 Å². The van der Waals surface area contributed by atoms with Crippen LogP contribution in [-0.4, -0.2) is 24.3 Å². The van der Waals surface area contributed by atoms with Crippen molar-refractivity contribution in [2.75, 3.05) is 13.1 Å². The highest BCUT2D eigenvalue weighted by Crippen LogP contribution is 2.44. The van der Waals surface area contributed by atoms with Crippen LogP contribution >= 0.6 is 0 Å². The van der Waals surface area contributed by atoms with Crippen LogP contribution in [0.15, 0.2) is 16.5 Å². The lowest BCUT2D eigenvalue weighted by molar-refractivity contribution is 0.0606. The van der Waals surface area contributed by atoms with Crippen LogP contribution in [0.5, 0.6) is 0 Å². The summed E-state index contributed by atoms with van der Waals surface area (Å²) in [5.41, 5.74) is 0.659. The number of carbonyl (C=O) groups excluding carboxylic acids is 1. The summed E-state index contributed by atoms with van der Waals surface area (Å²) in [4.78, 5) is 13.1. The fourth-order valence-corrected chi connectivity index (χ4v) is 3.75. The van der Waals surface area contributed by atoms with Gasteiger partial charge < -0.3 is 4.42 Å². The van der Waals surface area contributed by atoms with Crippen molar-refractivity contribution in [1.82, 2.24) is 4.90 Å². The molecule has 2 aliphatic rings. The number of hydrogen-bond donors (Lipinski definition) is 0. The number of nitrogens with zero attached hydrogens (tertiary/aromatic N) is 1. The highest BCUT2D eigenvalue weighted by molar-refractivity contribution is 5.70. The van der Waals surface area contributed by atoms with Crippen LogP contribution in [0.2, 0.25) is 0 Å². The third kappa shape index (κ3) is 2.92. The summed E-state index contributed by atoms with van der Waals surface area (Å²) in [6.45, 7) is 3.21. The topological polar surface area (TPSA) is 33.5 Å². The van der Waals surface area contributed by atoms with Crippen molar-refractivity contribution in [2.24, 2.45) is 5.41 Å². The van der Waals surface area contributed by atoms with E-state index in [0.29, 0.717) is 11.2 Å². The molecule has 1 aromatic rings. The zero-order chi connectivity index (χ0) is 13.1. The zero-order valence-corrected chi connectivity index (χ0v) is 11.6. The first kappa shape index (κ1) is 12.9. The van der Waals surface area contributed by atoms with Crippen LogP contribution in [0.3, 0.4) is 0 Å². The smallest absolute Gasteiger partial charge is 0.185 e. The van der Waals surface area contributed by atoms with Gasteiger partial charge in [-0.05, 0) is 56.3 Å². The molecule has 1 spiro atoms. The molecule has 0 atom stereocenters. The molecular formula is C16H23NO2. The Labute approximate surface area is 115 Å². The van der Waals surface area contributed by atoms with Crippen molar-refractivity contribution in [3.8, 4) is 0 Å². The Kier molecular flexibility index (Phi) is 3.74. The number of piperidine rings is 1. The maximum absolute atomic E-state index is 10.6. The molecule has 0 amide bonds. The average Bonchev–Trinajstić information content (AvgIpc) is 2.90. The monoisotopic (exact) mass is 261 g/mol. The zero-order valence-electron chi connectivity index (χ0n) is 11.6. The molecule has 0 radical (unpaired) electrons. The molecule has 0 unspecified atom stereocenters. The van der Waals surface area contributed by atoms with Gasteiger partial charge in [0.15, 0.2) is 12.0 Å². The number of aldehydes is 1. The highest BCUT2D eigenvalue weighted by atomic mass is 16.3. The van der Waals surface area contributed by atoms with Gasteiger partial charge in [0.05, 0.1) is 6.54 Å². The van der Waals surface area contributed by atoms with Crippen LogP contribution in [0.4, 0.5) is 0 Å². The second-order valence-electron chi connectivity index (χ2n) is 6.26. The van der Waals surface area contributed by atoms with E-state index in [1.807, 2.05) is 6.07 Å². The number of rotatable bonds is 3. The Hall–Kier alpha value is -1.09. The van der Waals surface area contributed by atoms with Gasteiger partial charge in [0, 0.05) is 0 Å². The second kappa shape index (κ2) is 5.49. The van der Waals surface area contributed by atoms with Crippen molar-refractivity contribution < 1.29 is 9.21 Å². The lowest BCUT2D eigenvalue weighted by atomic mass is 9.68. The first-order valence-corrected chi connectivity index (χ1v) is 7.56. The van der Waals surface area contributed by atoms with Crippen molar-refractivity contribution in [2.45, 2.75) is 51.5 Å². The molecule has 1 saturated carbocycles. The molecule has 0 aromatic carbocycles. The van der Waals surface area contributed by atoms with Gasteiger partial charge >= 0.3 is 0 Å². The first-order valence-electron chi connectivity index (χ1n) is 7.56. The number of furan rings is 1. The average molecular weight is 261 g/mol. The molecule has 0 bridgehead atoms. The van der Waals surface area contributed by atoms with Crippen molar-refractivity contribution in [3.05, 3.63) is 23.7 Å². The third-order valence-corrected chi connectivity index (χ3v) is 5.01. The van der Waals surface area contributed by atoms with Gasteiger partial charge in [-0.2, -0.15) is 0 Å². The van der Waals surface area contributed by atoms with Crippen LogP contribution in [0.1, 0.15) is 61.3 Å². The lowest BCUT2D eigenvalue weighted by Gasteiger charge is -2.44. The maximum Gasteiger partial charge on any atom is 0.185 e. The van der Waals surface area contributed by atoms with E-state index in [-0.39, 0.29) is 0 Å². The molecule has 1 aromatic heterocycles. The SMILES string of the molecule is O=Cc1ccc(CN2CCC3(CCCCC3)CC2)o1. The maximum atomic E-state index is 10.6. The standard InChI is InChI=1S/C16H23NO2/c18-13-15-5-4-14(19-15)12-17-10-8-16(9-11-17)6-2-1-3-7-16/h4-5,13H,1-3,6-12H2. The van der Waals surface area contributed by atoms with Crippen LogP contribution < -0.4 is 0 Å². The summed E-state index contributed by atoms with van der Waals surface area (Å²) >= 11 is 0. The van der Waals surface area contributed by atoms with Gasteiger partial charge in [-0.25, -0.2) is 0 Å². The van der Waals surface area contributed by atoms with Crippen LogP contribution in [0, 0.1) is 5.41 Å². The fraction of sp³-hybridized carbons (Fsp3) is 0.688. The molecule has 3 heteroatoms. The minimum absolute atomic E-state index is 0.441. The Bertz CT molecular complexity index is 422. The van der Waals surface area contributed by atoms with Gasteiger partial charge in [0.25, 0.3) is 0 Å². The molecule has 2 fully saturated rings. The molecule has 104 valence electrons. The molecule has 0 N–H and O–H groups in total. The van der Waals surface area contributed by atoms with Gasteiger partial charge in [-0.3, -0.25) is 9.69 Å². The van der Waals surface area contributed by atoms with E-state index in [1.54, 1.807) is 6.07 Å². The number of carbonyl (C=O) groups is 1. The molecule has 1 aliphatic heterocycles. The summed E-state index contributed by atoms with van der Waals surface area (Å²) in [6.07, 6.45) is 10.6. The quantitative estimate of drug-likeness (QED) is 0.779. The predicted octanol–water partition coefficient (Wildman–Crippen LogP) is 3.64. The van der Waals surface area contributed by atoms with E-state index in [2.05, 4.69) is 4.90 Å². The largest absolute Gasteiger partial charge is 0.457 e. The van der Waals surface area contributed by atoms with Gasteiger partial charge in [-0.15, -0.1) is 0 Å². The Morgan fingerprint density at radius 2 is 1.84 bits per heavy atom. The molecule has 19 heavy (non-hydrogen) atoms.